The number of rotatable bonds is 7. The lowest BCUT2D eigenvalue weighted by atomic mass is 10.1. The molecule has 1 amide bonds. The number of hydrogen-bond donors (Lipinski definition) is 0. The van der Waals surface area contributed by atoms with E-state index < -0.39 is 0 Å². The summed E-state index contributed by atoms with van der Waals surface area (Å²) in [7, 11) is 3.22. The molecule has 1 heterocycles. The summed E-state index contributed by atoms with van der Waals surface area (Å²) in [6.45, 7) is 2.24. The molecule has 1 aromatic heterocycles. The molecule has 0 N–H and O–H groups in total. The van der Waals surface area contributed by atoms with Crippen molar-refractivity contribution in [2.24, 2.45) is 0 Å². The molecule has 2 fully saturated rings. The second-order valence-electron chi connectivity index (χ2n) is 8.34. The second kappa shape index (κ2) is 8.54. The largest absolute Gasteiger partial charge is 0.493 e. The number of carbonyl (C=O) groups is 1. The zero-order valence-electron chi connectivity index (χ0n) is 18.0. The van der Waals surface area contributed by atoms with Crippen LogP contribution in [0.3, 0.4) is 0 Å². The van der Waals surface area contributed by atoms with Gasteiger partial charge in [-0.3, -0.25) is 9.59 Å². The number of aromatic nitrogens is 1. The molecular formula is C24H30N2O4. The fourth-order valence-corrected chi connectivity index (χ4v) is 4.53. The molecule has 0 bridgehead atoms. The number of methoxy groups -OCH3 is 2. The first-order chi connectivity index (χ1) is 14.5. The molecule has 160 valence electrons. The van der Waals surface area contributed by atoms with Gasteiger partial charge in [0.05, 0.1) is 20.8 Å². The minimum Gasteiger partial charge on any atom is -0.493 e. The van der Waals surface area contributed by atoms with E-state index in [4.69, 9.17) is 9.47 Å². The van der Waals surface area contributed by atoms with Crippen LogP contribution in [0.5, 0.6) is 11.5 Å². The molecular weight excluding hydrogens is 380 g/mol. The number of benzene rings is 1. The molecule has 0 unspecified atom stereocenters. The van der Waals surface area contributed by atoms with E-state index in [-0.39, 0.29) is 23.6 Å². The summed E-state index contributed by atoms with van der Waals surface area (Å²) in [5, 5.41) is 0. The Morgan fingerprint density at radius 3 is 2.47 bits per heavy atom. The first kappa shape index (κ1) is 20.5. The van der Waals surface area contributed by atoms with Crippen LogP contribution in [-0.2, 0) is 6.54 Å². The Morgan fingerprint density at radius 2 is 1.83 bits per heavy atom. The van der Waals surface area contributed by atoms with Gasteiger partial charge in [-0.05, 0) is 50.3 Å². The van der Waals surface area contributed by atoms with Crippen molar-refractivity contribution >= 4 is 5.91 Å². The Kier molecular flexibility index (Phi) is 5.84. The predicted octanol–water partition coefficient (Wildman–Crippen LogP) is 4.09. The van der Waals surface area contributed by atoms with Crippen LogP contribution in [0.1, 0.15) is 66.1 Å². The number of aryl methyl sites for hydroxylation is 1. The van der Waals surface area contributed by atoms with Gasteiger partial charge in [-0.25, -0.2) is 0 Å². The highest BCUT2D eigenvalue weighted by molar-refractivity contribution is 5.95. The van der Waals surface area contributed by atoms with E-state index in [1.54, 1.807) is 18.8 Å². The fourth-order valence-electron chi connectivity index (χ4n) is 4.53. The van der Waals surface area contributed by atoms with E-state index >= 15 is 0 Å². The Bertz CT molecular complexity index is 987. The van der Waals surface area contributed by atoms with Gasteiger partial charge in [0.25, 0.3) is 11.5 Å². The van der Waals surface area contributed by atoms with E-state index in [9.17, 15) is 9.59 Å². The minimum atomic E-state index is -0.177. The van der Waals surface area contributed by atoms with Gasteiger partial charge in [0.15, 0.2) is 11.5 Å². The van der Waals surface area contributed by atoms with Crippen LogP contribution in [0, 0.1) is 6.92 Å². The second-order valence-corrected chi connectivity index (χ2v) is 8.34. The molecule has 0 saturated heterocycles. The number of amides is 1. The highest BCUT2D eigenvalue weighted by Gasteiger charge is 2.33. The number of ether oxygens (including phenoxy) is 2. The maximum Gasteiger partial charge on any atom is 0.263 e. The number of para-hydroxylation sites is 1. The zero-order chi connectivity index (χ0) is 21.3. The normalized spacial score (nSPS) is 16.5. The molecule has 30 heavy (non-hydrogen) atoms. The average molecular weight is 411 g/mol. The number of hydrogen-bond acceptors (Lipinski definition) is 4. The summed E-state index contributed by atoms with van der Waals surface area (Å²) >= 11 is 0. The smallest absolute Gasteiger partial charge is 0.263 e. The predicted molar refractivity (Wildman–Crippen MR) is 115 cm³/mol. The molecule has 0 radical (unpaired) electrons. The maximum absolute atomic E-state index is 13.8. The van der Waals surface area contributed by atoms with Gasteiger partial charge in [0, 0.05) is 23.8 Å². The Hall–Kier alpha value is -2.76. The summed E-state index contributed by atoms with van der Waals surface area (Å²) in [6.07, 6.45) is 7.96. The van der Waals surface area contributed by atoms with Gasteiger partial charge in [-0.1, -0.05) is 25.0 Å². The molecule has 2 aromatic rings. The van der Waals surface area contributed by atoms with Gasteiger partial charge in [-0.2, -0.15) is 0 Å². The molecule has 2 aliphatic carbocycles. The Labute approximate surface area is 177 Å². The SMILES string of the molecule is COc1cccc(CN(C(=O)c2c(C)ccn(C3CC3)c2=O)C2CCCC2)c1OC. The van der Waals surface area contributed by atoms with Gasteiger partial charge >= 0.3 is 0 Å². The van der Waals surface area contributed by atoms with Gasteiger partial charge in [-0.15, -0.1) is 0 Å². The molecule has 6 nitrogen and oxygen atoms in total. The summed E-state index contributed by atoms with van der Waals surface area (Å²) in [5.74, 6) is 1.10. The van der Waals surface area contributed by atoms with Crippen LogP contribution in [0.4, 0.5) is 0 Å². The molecule has 0 aliphatic heterocycles. The molecule has 2 aliphatic rings. The highest BCUT2D eigenvalue weighted by Crippen LogP contribution is 2.35. The quantitative estimate of drug-likeness (QED) is 0.690. The highest BCUT2D eigenvalue weighted by atomic mass is 16.5. The van der Waals surface area contributed by atoms with Gasteiger partial charge < -0.3 is 18.9 Å². The van der Waals surface area contributed by atoms with Crippen molar-refractivity contribution in [1.82, 2.24) is 9.47 Å². The summed E-state index contributed by atoms with van der Waals surface area (Å²) in [5.41, 5.74) is 1.76. The third-order valence-electron chi connectivity index (χ3n) is 6.33. The summed E-state index contributed by atoms with van der Waals surface area (Å²) < 4.78 is 12.8. The van der Waals surface area contributed by atoms with Gasteiger partial charge in [0.2, 0.25) is 0 Å². The monoisotopic (exact) mass is 410 g/mol. The molecule has 0 atom stereocenters. The van der Waals surface area contributed by atoms with Crippen molar-refractivity contribution in [3.05, 3.63) is 57.5 Å². The zero-order valence-corrected chi connectivity index (χ0v) is 18.0. The van der Waals surface area contributed by atoms with Gasteiger partial charge in [0.1, 0.15) is 5.56 Å². The number of nitrogens with zero attached hydrogens (tertiary/aromatic N) is 2. The lowest BCUT2D eigenvalue weighted by Gasteiger charge is -2.30. The molecule has 0 spiro atoms. The number of pyridine rings is 1. The molecule has 4 rings (SSSR count). The van der Waals surface area contributed by atoms with Crippen LogP contribution in [-0.4, -0.2) is 35.6 Å². The van der Waals surface area contributed by atoms with Crippen molar-refractivity contribution < 1.29 is 14.3 Å². The Balaban J connectivity index is 1.73. The van der Waals surface area contributed by atoms with E-state index in [1.807, 2.05) is 42.3 Å². The first-order valence-electron chi connectivity index (χ1n) is 10.8. The van der Waals surface area contributed by atoms with Crippen LogP contribution in [0.25, 0.3) is 0 Å². The third kappa shape index (κ3) is 3.83. The minimum absolute atomic E-state index is 0.127. The lowest BCUT2D eigenvalue weighted by Crippen LogP contribution is -2.42. The van der Waals surface area contributed by atoms with E-state index in [2.05, 4.69) is 0 Å². The maximum atomic E-state index is 13.8. The number of carbonyl (C=O) groups excluding carboxylic acids is 1. The van der Waals surface area contributed by atoms with Crippen molar-refractivity contribution in [2.45, 2.75) is 64.1 Å². The van der Waals surface area contributed by atoms with E-state index in [0.29, 0.717) is 23.6 Å². The van der Waals surface area contributed by atoms with Crippen LogP contribution < -0.4 is 15.0 Å². The third-order valence-corrected chi connectivity index (χ3v) is 6.33. The first-order valence-corrected chi connectivity index (χ1v) is 10.8. The van der Waals surface area contributed by atoms with Crippen LogP contribution >= 0.6 is 0 Å². The van der Waals surface area contributed by atoms with Crippen LogP contribution in [0.2, 0.25) is 0 Å². The van der Waals surface area contributed by atoms with E-state index in [0.717, 1.165) is 49.7 Å². The summed E-state index contributed by atoms with van der Waals surface area (Å²) in [4.78, 5) is 28.8. The van der Waals surface area contributed by atoms with Crippen LogP contribution in [0.15, 0.2) is 35.3 Å². The van der Waals surface area contributed by atoms with Crippen molar-refractivity contribution in [2.75, 3.05) is 14.2 Å². The lowest BCUT2D eigenvalue weighted by molar-refractivity contribution is 0.0659. The van der Waals surface area contributed by atoms with Crippen molar-refractivity contribution in [1.29, 1.82) is 0 Å². The topological polar surface area (TPSA) is 60.8 Å². The standard InChI is InChI=1S/C24H30N2O4/c1-16-13-14-25(19-11-12-19)23(27)21(16)24(28)26(18-8-4-5-9-18)15-17-7-6-10-20(29-2)22(17)30-3/h6-7,10,13-14,18-19H,4-5,8-9,11-12,15H2,1-3H3. The van der Waals surface area contributed by atoms with E-state index in [1.165, 1.54) is 0 Å². The molecule has 6 heteroatoms. The van der Waals surface area contributed by atoms with Crippen molar-refractivity contribution in [3.8, 4) is 11.5 Å². The average Bonchev–Trinajstić information content (AvgIpc) is 3.44. The van der Waals surface area contributed by atoms with Crippen molar-refractivity contribution in [3.63, 3.8) is 0 Å². The molecule has 1 aromatic carbocycles. The Morgan fingerprint density at radius 1 is 1.10 bits per heavy atom. The fraction of sp³-hybridized carbons (Fsp3) is 0.500. The molecule has 2 saturated carbocycles. The summed E-state index contributed by atoms with van der Waals surface area (Å²) in [6, 6.07) is 7.97.